The van der Waals surface area contributed by atoms with Gasteiger partial charge in [-0.1, -0.05) is 11.6 Å². The summed E-state index contributed by atoms with van der Waals surface area (Å²) in [6.07, 6.45) is 10.1. The van der Waals surface area contributed by atoms with Crippen molar-refractivity contribution in [2.24, 2.45) is 0 Å². The molecule has 7 nitrogen and oxygen atoms in total. The fourth-order valence-corrected chi connectivity index (χ4v) is 3.17. The highest BCUT2D eigenvalue weighted by Crippen LogP contribution is 2.33. The molecule has 26 heavy (non-hydrogen) atoms. The van der Waals surface area contributed by atoms with Gasteiger partial charge in [-0.3, -0.25) is 0 Å². The van der Waals surface area contributed by atoms with Crippen LogP contribution in [0.25, 0.3) is 0 Å². The van der Waals surface area contributed by atoms with Crippen LogP contribution in [0.2, 0.25) is 0 Å². The smallest absolute Gasteiger partial charge is 0.249 e. The van der Waals surface area contributed by atoms with Crippen LogP contribution in [0, 0.1) is 0 Å². The molecule has 4 rings (SSSR count). The third-order valence-electron chi connectivity index (χ3n) is 4.49. The molecule has 1 aliphatic heterocycles. The third kappa shape index (κ3) is 4.22. The van der Waals surface area contributed by atoms with Crippen LogP contribution in [0.1, 0.15) is 32.1 Å². The lowest BCUT2D eigenvalue weighted by atomic mass is 9.97. The SMILES string of the molecule is C1=C(CCNc2cnnc(Nc3ccc4c(c3)OCCO4)n2)CCCC1. The van der Waals surface area contributed by atoms with Crippen LogP contribution >= 0.6 is 0 Å². The van der Waals surface area contributed by atoms with Gasteiger partial charge in [0.2, 0.25) is 5.95 Å². The second-order valence-electron chi connectivity index (χ2n) is 6.43. The van der Waals surface area contributed by atoms with Crippen LogP contribution in [0.15, 0.2) is 36.0 Å². The zero-order valence-electron chi connectivity index (χ0n) is 14.7. The Labute approximate surface area is 152 Å². The first-order valence-electron chi connectivity index (χ1n) is 9.15. The van der Waals surface area contributed by atoms with E-state index in [9.17, 15) is 0 Å². The van der Waals surface area contributed by atoms with E-state index in [1.807, 2.05) is 18.2 Å². The fraction of sp³-hybridized carbons (Fsp3) is 0.421. The number of nitrogens with one attached hydrogen (secondary N) is 2. The number of hydrogen-bond donors (Lipinski definition) is 2. The molecule has 0 saturated carbocycles. The fourth-order valence-electron chi connectivity index (χ4n) is 3.17. The molecule has 0 bridgehead atoms. The first kappa shape index (κ1) is 16.6. The Balaban J connectivity index is 1.35. The summed E-state index contributed by atoms with van der Waals surface area (Å²) in [5.41, 5.74) is 2.38. The van der Waals surface area contributed by atoms with Crippen molar-refractivity contribution < 1.29 is 9.47 Å². The maximum atomic E-state index is 5.60. The monoisotopic (exact) mass is 353 g/mol. The molecule has 0 unspecified atom stereocenters. The Hall–Kier alpha value is -2.83. The first-order chi connectivity index (χ1) is 12.9. The molecular weight excluding hydrogens is 330 g/mol. The maximum Gasteiger partial charge on any atom is 0.249 e. The average Bonchev–Trinajstić information content (AvgIpc) is 2.69. The molecule has 7 heteroatoms. The number of hydrogen-bond acceptors (Lipinski definition) is 7. The van der Waals surface area contributed by atoms with Crippen molar-refractivity contribution in [2.45, 2.75) is 32.1 Å². The number of allylic oxidation sites excluding steroid dienone is 1. The van der Waals surface area contributed by atoms with Crippen molar-refractivity contribution >= 4 is 17.5 Å². The molecule has 0 saturated heterocycles. The predicted molar refractivity (Wildman–Crippen MR) is 100 cm³/mol. The first-order valence-corrected chi connectivity index (χ1v) is 9.15. The Bertz CT molecular complexity index is 793. The predicted octanol–water partition coefficient (Wildman–Crippen LogP) is 3.69. The molecule has 0 atom stereocenters. The Morgan fingerprint density at radius 3 is 2.88 bits per heavy atom. The number of rotatable bonds is 6. The number of aromatic nitrogens is 3. The van der Waals surface area contributed by atoms with E-state index in [0.29, 0.717) is 19.2 Å². The van der Waals surface area contributed by atoms with Crippen LogP contribution in [-0.2, 0) is 0 Å². The molecule has 1 aromatic heterocycles. The van der Waals surface area contributed by atoms with Gasteiger partial charge in [0.1, 0.15) is 13.2 Å². The summed E-state index contributed by atoms with van der Waals surface area (Å²) in [7, 11) is 0. The lowest BCUT2D eigenvalue weighted by molar-refractivity contribution is 0.171. The number of ether oxygens (including phenoxy) is 2. The summed E-state index contributed by atoms with van der Waals surface area (Å²) in [5, 5.41) is 14.6. The van der Waals surface area contributed by atoms with E-state index < -0.39 is 0 Å². The van der Waals surface area contributed by atoms with Crippen LogP contribution < -0.4 is 20.1 Å². The lowest BCUT2D eigenvalue weighted by Crippen LogP contribution is -2.15. The molecular formula is C19H23N5O2. The molecule has 0 radical (unpaired) electrons. The highest BCUT2D eigenvalue weighted by molar-refractivity contribution is 5.60. The minimum Gasteiger partial charge on any atom is -0.486 e. The Morgan fingerprint density at radius 1 is 1.08 bits per heavy atom. The summed E-state index contributed by atoms with van der Waals surface area (Å²) in [5.74, 6) is 2.65. The van der Waals surface area contributed by atoms with Gasteiger partial charge in [0.15, 0.2) is 17.3 Å². The molecule has 1 aliphatic carbocycles. The minimum absolute atomic E-state index is 0.448. The molecule has 136 valence electrons. The summed E-state index contributed by atoms with van der Waals surface area (Å²) in [6, 6.07) is 5.67. The average molecular weight is 353 g/mol. The van der Waals surface area contributed by atoms with E-state index in [0.717, 1.165) is 36.0 Å². The van der Waals surface area contributed by atoms with E-state index in [2.05, 4.69) is 31.9 Å². The number of benzene rings is 1. The van der Waals surface area contributed by atoms with Crippen molar-refractivity contribution in [3.8, 4) is 11.5 Å². The normalized spacial score (nSPS) is 15.9. The van der Waals surface area contributed by atoms with E-state index in [1.54, 1.807) is 11.8 Å². The number of fused-ring (bicyclic) bond motifs is 1. The quantitative estimate of drug-likeness (QED) is 0.767. The summed E-state index contributed by atoms with van der Waals surface area (Å²) < 4.78 is 11.1. The highest BCUT2D eigenvalue weighted by atomic mass is 16.6. The van der Waals surface area contributed by atoms with Gasteiger partial charge in [-0.05, 0) is 44.2 Å². The number of nitrogens with zero attached hydrogens (tertiary/aromatic N) is 3. The van der Waals surface area contributed by atoms with Crippen molar-refractivity contribution in [3.05, 3.63) is 36.0 Å². The van der Waals surface area contributed by atoms with Crippen LogP contribution in [-0.4, -0.2) is 34.9 Å². The van der Waals surface area contributed by atoms with Gasteiger partial charge in [0.05, 0.1) is 6.20 Å². The molecule has 1 aromatic carbocycles. The topological polar surface area (TPSA) is 81.2 Å². The van der Waals surface area contributed by atoms with Gasteiger partial charge in [0.25, 0.3) is 0 Å². The van der Waals surface area contributed by atoms with Crippen LogP contribution in [0.4, 0.5) is 17.5 Å². The second-order valence-corrected chi connectivity index (χ2v) is 6.43. The van der Waals surface area contributed by atoms with Crippen LogP contribution in [0.3, 0.4) is 0 Å². The standard InChI is InChI=1S/C19H23N5O2/c1-2-4-14(5-3-1)8-9-20-18-13-21-24-19(23-18)22-15-6-7-16-17(12-15)26-11-10-25-16/h4,6-7,12-13H,1-3,5,8-11H2,(H2,20,22,23,24). The molecule has 2 heterocycles. The molecule has 0 fully saturated rings. The third-order valence-corrected chi connectivity index (χ3v) is 4.49. The second kappa shape index (κ2) is 8.03. The van der Waals surface area contributed by atoms with Gasteiger partial charge in [-0.2, -0.15) is 10.1 Å². The van der Waals surface area contributed by atoms with E-state index in [-0.39, 0.29) is 0 Å². The van der Waals surface area contributed by atoms with Gasteiger partial charge >= 0.3 is 0 Å². The lowest BCUT2D eigenvalue weighted by Gasteiger charge is -2.19. The van der Waals surface area contributed by atoms with Crippen LogP contribution in [0.5, 0.6) is 11.5 Å². The van der Waals surface area contributed by atoms with Gasteiger partial charge in [0, 0.05) is 18.3 Å². The van der Waals surface area contributed by atoms with E-state index in [1.165, 1.54) is 25.7 Å². The van der Waals surface area contributed by atoms with Gasteiger partial charge in [-0.15, -0.1) is 5.10 Å². The largest absolute Gasteiger partial charge is 0.486 e. The van der Waals surface area contributed by atoms with E-state index >= 15 is 0 Å². The number of anilines is 3. The summed E-state index contributed by atoms with van der Waals surface area (Å²) in [6.45, 7) is 2.00. The molecule has 0 spiro atoms. The van der Waals surface area contributed by atoms with Gasteiger partial charge in [-0.25, -0.2) is 0 Å². The maximum absolute atomic E-state index is 5.60. The van der Waals surface area contributed by atoms with Crippen molar-refractivity contribution in [2.75, 3.05) is 30.4 Å². The zero-order chi connectivity index (χ0) is 17.6. The summed E-state index contributed by atoms with van der Waals surface area (Å²) in [4.78, 5) is 4.48. The minimum atomic E-state index is 0.448. The molecule has 0 amide bonds. The molecule has 2 aliphatic rings. The van der Waals surface area contributed by atoms with Crippen molar-refractivity contribution in [1.82, 2.24) is 15.2 Å². The zero-order valence-corrected chi connectivity index (χ0v) is 14.7. The van der Waals surface area contributed by atoms with E-state index in [4.69, 9.17) is 9.47 Å². The summed E-state index contributed by atoms with van der Waals surface area (Å²) >= 11 is 0. The van der Waals surface area contributed by atoms with Crippen molar-refractivity contribution in [1.29, 1.82) is 0 Å². The highest BCUT2D eigenvalue weighted by Gasteiger charge is 2.12. The van der Waals surface area contributed by atoms with Crippen molar-refractivity contribution in [3.63, 3.8) is 0 Å². The molecule has 2 N–H and O–H groups in total. The Kier molecular flexibility index (Phi) is 5.14. The molecule has 2 aromatic rings. The Morgan fingerprint density at radius 2 is 2.00 bits per heavy atom. The van der Waals surface area contributed by atoms with Gasteiger partial charge < -0.3 is 20.1 Å².